The second-order valence-electron chi connectivity index (χ2n) is 7.72. The van der Waals surface area contributed by atoms with E-state index in [0.29, 0.717) is 18.2 Å². The molecule has 0 heterocycles. The zero-order chi connectivity index (χ0) is 22.1. The molecule has 0 radical (unpaired) electrons. The van der Waals surface area contributed by atoms with Crippen LogP contribution in [0, 0.1) is 23.2 Å². The molecule has 156 valence electrons. The van der Waals surface area contributed by atoms with E-state index in [1.165, 1.54) is 5.56 Å². The van der Waals surface area contributed by atoms with Crippen LogP contribution in [-0.2, 0) is 13.0 Å². The zero-order valence-corrected chi connectivity index (χ0v) is 18.4. The lowest BCUT2D eigenvalue weighted by Crippen LogP contribution is -2.31. The summed E-state index contributed by atoms with van der Waals surface area (Å²) in [6, 6.07) is 26.9. The van der Waals surface area contributed by atoms with Crippen molar-refractivity contribution < 1.29 is 4.74 Å². The topological polar surface area (TPSA) is 36.3 Å². The molecule has 3 nitrogen and oxygen atoms in total. The summed E-state index contributed by atoms with van der Waals surface area (Å²) in [5.41, 5.74) is 5.17. The fraction of sp³-hybridized carbons (Fsp3) is 0.250. The fourth-order valence-corrected chi connectivity index (χ4v) is 3.35. The van der Waals surface area contributed by atoms with Crippen LogP contribution in [0.25, 0.3) is 11.1 Å². The summed E-state index contributed by atoms with van der Waals surface area (Å²) in [7, 11) is 2.11. The second-order valence-corrected chi connectivity index (χ2v) is 7.72. The van der Waals surface area contributed by atoms with Crippen molar-refractivity contribution in [3.63, 3.8) is 0 Å². The Bertz CT molecular complexity index is 1100. The monoisotopic (exact) mass is 408 g/mol. The van der Waals surface area contributed by atoms with Crippen LogP contribution in [0.2, 0.25) is 0 Å². The van der Waals surface area contributed by atoms with Gasteiger partial charge in [-0.05, 0) is 73.8 Å². The standard InChI is InChI=1S/C28H28N2O/c1-4-5-16-30(3)22(2)17-24-8-7-11-28(19-24)31-21-23-12-14-26(15-13-23)27-10-6-9-25(18-27)20-29/h6-15,18-19,22H,16-17,21H2,1-3H3/t22-/m1/s1. The van der Waals surface area contributed by atoms with E-state index in [4.69, 9.17) is 10.00 Å². The van der Waals surface area contributed by atoms with Crippen LogP contribution in [0.3, 0.4) is 0 Å². The minimum atomic E-state index is 0.406. The molecule has 3 heteroatoms. The molecule has 0 spiro atoms. The van der Waals surface area contributed by atoms with Crippen LogP contribution < -0.4 is 4.74 Å². The van der Waals surface area contributed by atoms with E-state index in [0.717, 1.165) is 35.4 Å². The van der Waals surface area contributed by atoms with E-state index in [1.807, 2.05) is 37.3 Å². The molecular formula is C28H28N2O. The van der Waals surface area contributed by atoms with E-state index in [1.54, 1.807) is 0 Å². The van der Waals surface area contributed by atoms with Gasteiger partial charge in [-0.2, -0.15) is 5.26 Å². The first kappa shape index (κ1) is 22.2. The average Bonchev–Trinajstić information content (AvgIpc) is 2.81. The van der Waals surface area contributed by atoms with E-state index < -0.39 is 0 Å². The summed E-state index contributed by atoms with van der Waals surface area (Å²) in [6.45, 7) is 5.39. The van der Waals surface area contributed by atoms with Crippen molar-refractivity contribution >= 4 is 0 Å². The molecule has 0 aliphatic heterocycles. The van der Waals surface area contributed by atoms with Gasteiger partial charge in [0.2, 0.25) is 0 Å². The van der Waals surface area contributed by atoms with Crippen LogP contribution in [0.15, 0.2) is 72.8 Å². The van der Waals surface area contributed by atoms with Gasteiger partial charge in [-0.1, -0.05) is 54.5 Å². The Morgan fingerprint density at radius 1 is 0.935 bits per heavy atom. The molecule has 0 saturated carbocycles. The van der Waals surface area contributed by atoms with Crippen molar-refractivity contribution in [2.75, 3.05) is 13.6 Å². The first-order valence-electron chi connectivity index (χ1n) is 10.5. The highest BCUT2D eigenvalue weighted by atomic mass is 16.5. The molecular weight excluding hydrogens is 380 g/mol. The highest BCUT2D eigenvalue weighted by molar-refractivity contribution is 5.65. The Labute approximate surface area is 185 Å². The number of hydrogen-bond acceptors (Lipinski definition) is 3. The van der Waals surface area contributed by atoms with Crippen molar-refractivity contribution in [1.29, 1.82) is 5.26 Å². The maximum absolute atomic E-state index is 9.09. The number of benzene rings is 3. The smallest absolute Gasteiger partial charge is 0.120 e. The Balaban J connectivity index is 1.59. The minimum Gasteiger partial charge on any atom is -0.489 e. The molecule has 0 bridgehead atoms. The largest absolute Gasteiger partial charge is 0.489 e. The molecule has 3 rings (SSSR count). The number of hydrogen-bond donors (Lipinski definition) is 0. The van der Waals surface area contributed by atoms with Crippen molar-refractivity contribution in [1.82, 2.24) is 4.90 Å². The molecule has 31 heavy (non-hydrogen) atoms. The van der Waals surface area contributed by atoms with Gasteiger partial charge in [0.15, 0.2) is 0 Å². The first-order chi connectivity index (χ1) is 15.1. The summed E-state index contributed by atoms with van der Waals surface area (Å²) in [6.07, 6.45) is 0.954. The summed E-state index contributed by atoms with van der Waals surface area (Å²) in [5, 5.41) is 9.09. The van der Waals surface area contributed by atoms with Crippen LogP contribution in [0.5, 0.6) is 5.75 Å². The van der Waals surface area contributed by atoms with Gasteiger partial charge in [0.25, 0.3) is 0 Å². The van der Waals surface area contributed by atoms with Crippen LogP contribution in [0.4, 0.5) is 0 Å². The zero-order valence-electron chi connectivity index (χ0n) is 18.4. The molecule has 0 aliphatic carbocycles. The molecule has 0 aliphatic rings. The van der Waals surface area contributed by atoms with Gasteiger partial charge >= 0.3 is 0 Å². The summed E-state index contributed by atoms with van der Waals surface area (Å²) >= 11 is 0. The number of likely N-dealkylation sites (N-methyl/N-ethyl adjacent to an activating group) is 1. The van der Waals surface area contributed by atoms with E-state index in [2.05, 4.69) is 79.2 Å². The van der Waals surface area contributed by atoms with Crippen molar-refractivity contribution in [3.05, 3.63) is 89.5 Å². The molecule has 0 saturated heterocycles. The number of ether oxygens (including phenoxy) is 1. The quantitative estimate of drug-likeness (QED) is 0.449. The predicted molar refractivity (Wildman–Crippen MR) is 127 cm³/mol. The molecule has 0 N–H and O–H groups in total. The van der Waals surface area contributed by atoms with E-state index >= 15 is 0 Å². The van der Waals surface area contributed by atoms with Gasteiger partial charge in [0.05, 0.1) is 18.2 Å². The summed E-state index contributed by atoms with van der Waals surface area (Å²) in [5.74, 6) is 6.95. The fourth-order valence-electron chi connectivity index (χ4n) is 3.35. The minimum absolute atomic E-state index is 0.406. The maximum Gasteiger partial charge on any atom is 0.120 e. The molecule has 0 fully saturated rings. The maximum atomic E-state index is 9.09. The lowest BCUT2D eigenvalue weighted by molar-refractivity contribution is 0.285. The van der Waals surface area contributed by atoms with E-state index in [9.17, 15) is 0 Å². The molecule has 0 aromatic heterocycles. The Hall–Kier alpha value is -3.53. The molecule has 3 aromatic carbocycles. The van der Waals surface area contributed by atoms with Crippen LogP contribution in [-0.4, -0.2) is 24.5 Å². The van der Waals surface area contributed by atoms with Crippen molar-refractivity contribution in [3.8, 4) is 34.8 Å². The van der Waals surface area contributed by atoms with E-state index in [-0.39, 0.29) is 0 Å². The number of rotatable bonds is 8. The molecule has 1 atom stereocenters. The summed E-state index contributed by atoms with van der Waals surface area (Å²) in [4.78, 5) is 2.26. The highest BCUT2D eigenvalue weighted by Crippen LogP contribution is 2.22. The summed E-state index contributed by atoms with van der Waals surface area (Å²) < 4.78 is 6.04. The van der Waals surface area contributed by atoms with Gasteiger partial charge in [-0.3, -0.25) is 4.90 Å². The van der Waals surface area contributed by atoms with Gasteiger partial charge in [-0.25, -0.2) is 0 Å². The molecule has 0 amide bonds. The third kappa shape index (κ3) is 6.48. The highest BCUT2D eigenvalue weighted by Gasteiger charge is 2.09. The van der Waals surface area contributed by atoms with Gasteiger partial charge in [0.1, 0.15) is 12.4 Å². The Kier molecular flexibility index (Phi) is 7.88. The number of nitrogens with zero attached hydrogens (tertiary/aromatic N) is 2. The molecule has 3 aromatic rings. The lowest BCUT2D eigenvalue weighted by atomic mass is 10.0. The van der Waals surface area contributed by atoms with Gasteiger partial charge in [-0.15, -0.1) is 5.92 Å². The Morgan fingerprint density at radius 3 is 2.45 bits per heavy atom. The molecule has 0 unspecified atom stereocenters. The third-order valence-electron chi connectivity index (χ3n) is 5.37. The van der Waals surface area contributed by atoms with Gasteiger partial charge < -0.3 is 4.74 Å². The predicted octanol–water partition coefficient (Wildman–Crippen LogP) is 5.69. The lowest BCUT2D eigenvalue weighted by Gasteiger charge is -2.22. The van der Waals surface area contributed by atoms with Crippen molar-refractivity contribution in [2.45, 2.75) is 32.9 Å². The normalized spacial score (nSPS) is 11.3. The second kappa shape index (κ2) is 11.0. The third-order valence-corrected chi connectivity index (χ3v) is 5.37. The average molecular weight is 409 g/mol. The first-order valence-corrected chi connectivity index (χ1v) is 10.5. The number of nitriles is 1. The Morgan fingerprint density at radius 2 is 1.71 bits per heavy atom. The van der Waals surface area contributed by atoms with Crippen LogP contribution >= 0.6 is 0 Å². The van der Waals surface area contributed by atoms with Crippen LogP contribution in [0.1, 0.15) is 30.5 Å². The SMILES string of the molecule is CC#CCN(C)[C@H](C)Cc1cccc(OCc2ccc(-c3cccc(C#N)c3)cc2)c1. The van der Waals surface area contributed by atoms with Crippen molar-refractivity contribution in [2.24, 2.45) is 0 Å². The van der Waals surface area contributed by atoms with Gasteiger partial charge in [0, 0.05) is 6.04 Å².